The third-order valence-corrected chi connectivity index (χ3v) is 5.56. The number of carbonyl (C=O) groups is 1. The van der Waals surface area contributed by atoms with E-state index < -0.39 is 0 Å². The maximum atomic E-state index is 12.2. The standard InChI is InChI=1S/C19H18N4O3S/c24-19(13-7-11-27-12-13)21-14-5-9-22(10-6-14)17-4-3-16(23(25)26)15-2-1-8-20-18(15)17/h1-4,7-8,11-12,14H,5-6,9-10H2,(H,21,24). The van der Waals surface area contributed by atoms with E-state index in [9.17, 15) is 14.9 Å². The van der Waals surface area contributed by atoms with Crippen molar-refractivity contribution in [2.75, 3.05) is 18.0 Å². The summed E-state index contributed by atoms with van der Waals surface area (Å²) in [6.07, 6.45) is 3.30. The van der Waals surface area contributed by atoms with Gasteiger partial charge in [0.2, 0.25) is 0 Å². The van der Waals surface area contributed by atoms with Crippen LogP contribution in [0.1, 0.15) is 23.2 Å². The van der Waals surface area contributed by atoms with Gasteiger partial charge in [-0.3, -0.25) is 19.9 Å². The van der Waals surface area contributed by atoms with E-state index in [-0.39, 0.29) is 22.6 Å². The molecule has 3 heterocycles. The van der Waals surface area contributed by atoms with Crippen LogP contribution in [0.15, 0.2) is 47.3 Å². The highest BCUT2D eigenvalue weighted by Crippen LogP contribution is 2.33. The molecule has 4 rings (SSSR count). The predicted molar refractivity (Wildman–Crippen MR) is 105 cm³/mol. The smallest absolute Gasteiger partial charge is 0.278 e. The van der Waals surface area contributed by atoms with Gasteiger partial charge in [0, 0.05) is 42.3 Å². The Labute approximate surface area is 159 Å². The highest BCUT2D eigenvalue weighted by molar-refractivity contribution is 7.08. The van der Waals surface area contributed by atoms with Crippen LogP contribution in [0, 0.1) is 10.1 Å². The first kappa shape index (κ1) is 17.4. The number of nitrogens with zero attached hydrogens (tertiary/aromatic N) is 3. The number of nitro groups is 1. The fraction of sp³-hybridized carbons (Fsp3) is 0.263. The quantitative estimate of drug-likeness (QED) is 0.550. The number of hydrogen-bond acceptors (Lipinski definition) is 6. The van der Waals surface area contributed by atoms with Crippen LogP contribution in [0.4, 0.5) is 11.4 Å². The average Bonchev–Trinajstić information content (AvgIpc) is 3.23. The first-order valence-corrected chi connectivity index (χ1v) is 9.68. The Morgan fingerprint density at radius 1 is 1.26 bits per heavy atom. The van der Waals surface area contributed by atoms with E-state index in [1.54, 1.807) is 30.5 Å². The van der Waals surface area contributed by atoms with E-state index >= 15 is 0 Å². The Bertz CT molecular complexity index is 982. The van der Waals surface area contributed by atoms with Crippen molar-refractivity contribution in [3.05, 3.63) is 63.0 Å². The lowest BCUT2D eigenvalue weighted by Crippen LogP contribution is -2.44. The number of non-ortho nitro benzene ring substituents is 1. The summed E-state index contributed by atoms with van der Waals surface area (Å²) in [5.74, 6) is -0.0304. The molecule has 0 bridgehead atoms. The molecule has 8 heteroatoms. The van der Waals surface area contributed by atoms with E-state index in [2.05, 4.69) is 15.2 Å². The third-order valence-electron chi connectivity index (χ3n) is 4.88. The molecule has 0 spiro atoms. The molecule has 7 nitrogen and oxygen atoms in total. The van der Waals surface area contributed by atoms with Crippen molar-refractivity contribution in [3.63, 3.8) is 0 Å². The fourth-order valence-corrected chi connectivity index (χ4v) is 4.12. The largest absolute Gasteiger partial charge is 0.370 e. The van der Waals surface area contributed by atoms with Gasteiger partial charge < -0.3 is 10.2 Å². The molecule has 1 fully saturated rings. The molecule has 27 heavy (non-hydrogen) atoms. The molecule has 0 aliphatic carbocycles. The van der Waals surface area contributed by atoms with Crippen LogP contribution in [0.3, 0.4) is 0 Å². The van der Waals surface area contributed by atoms with Gasteiger partial charge in [-0.15, -0.1) is 0 Å². The molecule has 1 aliphatic heterocycles. The molecule has 138 valence electrons. The van der Waals surface area contributed by atoms with Crippen molar-refractivity contribution in [1.82, 2.24) is 10.3 Å². The molecular formula is C19H18N4O3S. The van der Waals surface area contributed by atoms with Crippen molar-refractivity contribution in [3.8, 4) is 0 Å². The van der Waals surface area contributed by atoms with Crippen LogP contribution in [0.5, 0.6) is 0 Å². The summed E-state index contributed by atoms with van der Waals surface area (Å²) in [6, 6.07) is 8.72. The Hall–Kier alpha value is -3.00. The van der Waals surface area contributed by atoms with Crippen LogP contribution >= 0.6 is 11.3 Å². The predicted octanol–water partition coefficient (Wildman–Crippen LogP) is 3.60. The number of nitrogens with one attached hydrogen (secondary N) is 1. The van der Waals surface area contributed by atoms with Crippen molar-refractivity contribution in [2.45, 2.75) is 18.9 Å². The highest BCUT2D eigenvalue weighted by atomic mass is 32.1. The van der Waals surface area contributed by atoms with Gasteiger partial charge in [0.05, 0.1) is 16.0 Å². The number of anilines is 1. The van der Waals surface area contributed by atoms with E-state index in [0.717, 1.165) is 31.6 Å². The lowest BCUT2D eigenvalue weighted by molar-refractivity contribution is -0.383. The SMILES string of the molecule is O=C(NC1CCN(c2ccc([N+](=O)[O-])c3cccnc23)CC1)c1ccsc1. The first-order valence-electron chi connectivity index (χ1n) is 8.73. The molecule has 0 radical (unpaired) electrons. The maximum Gasteiger partial charge on any atom is 0.278 e. The van der Waals surface area contributed by atoms with Gasteiger partial charge in [0.25, 0.3) is 11.6 Å². The summed E-state index contributed by atoms with van der Waals surface area (Å²) in [5, 5.41) is 18.6. The zero-order valence-electron chi connectivity index (χ0n) is 14.5. The molecule has 3 aromatic rings. The summed E-state index contributed by atoms with van der Waals surface area (Å²) in [6.45, 7) is 1.52. The van der Waals surface area contributed by atoms with Crippen molar-refractivity contribution >= 4 is 39.5 Å². The Balaban J connectivity index is 1.49. The number of nitro benzene ring substituents is 1. The molecule has 2 aromatic heterocycles. The van der Waals surface area contributed by atoms with Crippen LogP contribution in [0.25, 0.3) is 10.9 Å². The van der Waals surface area contributed by atoms with Gasteiger partial charge in [0.15, 0.2) is 0 Å². The number of aromatic nitrogens is 1. The lowest BCUT2D eigenvalue weighted by atomic mass is 10.0. The molecular weight excluding hydrogens is 364 g/mol. The zero-order valence-corrected chi connectivity index (χ0v) is 15.3. The highest BCUT2D eigenvalue weighted by Gasteiger charge is 2.24. The van der Waals surface area contributed by atoms with E-state index in [0.29, 0.717) is 16.5 Å². The lowest BCUT2D eigenvalue weighted by Gasteiger charge is -2.34. The van der Waals surface area contributed by atoms with Gasteiger partial charge in [-0.2, -0.15) is 11.3 Å². The van der Waals surface area contributed by atoms with Crippen LogP contribution < -0.4 is 10.2 Å². The van der Waals surface area contributed by atoms with Gasteiger partial charge in [-0.1, -0.05) is 0 Å². The zero-order chi connectivity index (χ0) is 18.8. The number of benzene rings is 1. The number of pyridine rings is 1. The van der Waals surface area contributed by atoms with Crippen LogP contribution in [-0.4, -0.2) is 34.9 Å². The van der Waals surface area contributed by atoms with Gasteiger partial charge in [-0.05, 0) is 42.5 Å². The summed E-state index contributed by atoms with van der Waals surface area (Å²) in [7, 11) is 0. The summed E-state index contributed by atoms with van der Waals surface area (Å²) in [5.41, 5.74) is 2.32. The van der Waals surface area contributed by atoms with E-state index in [1.807, 2.05) is 16.8 Å². The maximum absolute atomic E-state index is 12.2. The molecule has 0 unspecified atom stereocenters. The minimum Gasteiger partial charge on any atom is -0.370 e. The van der Waals surface area contributed by atoms with Crippen molar-refractivity contribution < 1.29 is 9.72 Å². The normalized spacial score (nSPS) is 15.0. The van der Waals surface area contributed by atoms with Crippen molar-refractivity contribution in [1.29, 1.82) is 0 Å². The molecule has 1 N–H and O–H groups in total. The Kier molecular flexibility index (Phi) is 4.72. The van der Waals surface area contributed by atoms with Gasteiger partial charge in [0.1, 0.15) is 5.52 Å². The molecule has 1 amide bonds. The third kappa shape index (κ3) is 3.48. The van der Waals surface area contributed by atoms with Crippen LogP contribution in [0.2, 0.25) is 0 Å². The summed E-state index contributed by atoms with van der Waals surface area (Å²) in [4.78, 5) is 29.7. The first-order chi connectivity index (χ1) is 13.1. The fourth-order valence-electron chi connectivity index (χ4n) is 3.48. The molecule has 1 aliphatic rings. The number of amides is 1. The van der Waals surface area contributed by atoms with E-state index in [4.69, 9.17) is 0 Å². The minimum absolute atomic E-state index is 0.0304. The van der Waals surface area contributed by atoms with Gasteiger partial charge >= 0.3 is 0 Å². The minimum atomic E-state index is -0.375. The second kappa shape index (κ2) is 7.32. The second-order valence-electron chi connectivity index (χ2n) is 6.51. The molecule has 1 aromatic carbocycles. The number of thiophene rings is 1. The molecule has 0 atom stereocenters. The number of piperidine rings is 1. The monoisotopic (exact) mass is 382 g/mol. The molecule has 0 saturated carbocycles. The Morgan fingerprint density at radius 3 is 2.78 bits per heavy atom. The summed E-state index contributed by atoms with van der Waals surface area (Å²) >= 11 is 1.51. The van der Waals surface area contributed by atoms with Gasteiger partial charge in [-0.25, -0.2) is 0 Å². The van der Waals surface area contributed by atoms with Crippen molar-refractivity contribution in [2.24, 2.45) is 0 Å². The summed E-state index contributed by atoms with van der Waals surface area (Å²) < 4.78 is 0. The Morgan fingerprint density at radius 2 is 2.07 bits per heavy atom. The van der Waals surface area contributed by atoms with E-state index in [1.165, 1.54) is 11.3 Å². The average molecular weight is 382 g/mol. The number of rotatable bonds is 4. The van der Waals surface area contributed by atoms with Crippen LogP contribution in [-0.2, 0) is 0 Å². The number of hydrogen-bond donors (Lipinski definition) is 1. The topological polar surface area (TPSA) is 88.4 Å². The number of carbonyl (C=O) groups excluding carboxylic acids is 1. The second-order valence-corrected chi connectivity index (χ2v) is 7.29. The molecule has 1 saturated heterocycles. The number of fused-ring (bicyclic) bond motifs is 1.